The van der Waals surface area contributed by atoms with Crippen molar-refractivity contribution >= 4 is 0 Å². The van der Waals surface area contributed by atoms with Gasteiger partial charge in [-0.1, -0.05) is 52.0 Å². The van der Waals surface area contributed by atoms with Gasteiger partial charge in [0.2, 0.25) is 0 Å². The maximum atomic E-state index is 3.54. The van der Waals surface area contributed by atoms with Crippen molar-refractivity contribution < 1.29 is 0 Å². The normalized spacial score (nSPS) is 15.4. The molecule has 1 aromatic rings. The molecule has 0 unspecified atom stereocenters. The lowest BCUT2D eigenvalue weighted by atomic mass is 10.1. The molecule has 118 valence electrons. The first-order valence-corrected chi connectivity index (χ1v) is 8.57. The number of hydrogen-bond donors (Lipinski definition) is 1. The van der Waals surface area contributed by atoms with Crippen molar-refractivity contribution in [2.45, 2.75) is 59.7 Å². The van der Waals surface area contributed by atoms with Gasteiger partial charge in [-0.15, -0.1) is 0 Å². The van der Waals surface area contributed by atoms with Crippen LogP contribution < -0.4 is 5.32 Å². The molecule has 0 radical (unpaired) electrons. The predicted octanol–water partition coefficient (Wildman–Crippen LogP) is 4.05. The Morgan fingerprint density at radius 2 is 1.81 bits per heavy atom. The van der Waals surface area contributed by atoms with Gasteiger partial charge in [-0.2, -0.15) is 0 Å². The molecule has 2 nitrogen and oxygen atoms in total. The van der Waals surface area contributed by atoms with Crippen LogP contribution in [0.4, 0.5) is 0 Å². The Morgan fingerprint density at radius 1 is 1.10 bits per heavy atom. The third-order valence-electron chi connectivity index (χ3n) is 3.92. The van der Waals surface area contributed by atoms with E-state index in [2.05, 4.69) is 62.2 Å². The summed E-state index contributed by atoms with van der Waals surface area (Å²) in [5.74, 6) is 1.46. The van der Waals surface area contributed by atoms with E-state index >= 15 is 0 Å². The van der Waals surface area contributed by atoms with E-state index in [0.29, 0.717) is 5.92 Å². The van der Waals surface area contributed by atoms with Crippen molar-refractivity contribution in [3.8, 4) is 0 Å². The lowest BCUT2D eigenvalue weighted by Crippen LogP contribution is -2.29. The van der Waals surface area contributed by atoms with Gasteiger partial charge < -0.3 is 5.32 Å². The first kappa shape index (κ1) is 16.5. The molecule has 0 aliphatic heterocycles. The lowest BCUT2D eigenvalue weighted by Gasteiger charge is -2.24. The molecule has 0 aromatic heterocycles. The average Bonchev–Trinajstić information content (AvgIpc) is 3.21. The predicted molar refractivity (Wildman–Crippen MR) is 91.3 cm³/mol. The number of benzene rings is 1. The van der Waals surface area contributed by atoms with Crippen molar-refractivity contribution in [1.82, 2.24) is 10.2 Å². The molecule has 0 saturated heterocycles. The zero-order chi connectivity index (χ0) is 15.2. The van der Waals surface area contributed by atoms with Crippen LogP contribution in [-0.2, 0) is 13.1 Å². The number of nitrogens with zero attached hydrogens (tertiary/aromatic N) is 1. The van der Waals surface area contributed by atoms with Crippen molar-refractivity contribution in [3.63, 3.8) is 0 Å². The minimum absolute atomic E-state index is 0.713. The van der Waals surface area contributed by atoms with Crippen LogP contribution in [0.2, 0.25) is 0 Å². The van der Waals surface area contributed by atoms with Crippen molar-refractivity contribution in [2.75, 3.05) is 13.1 Å². The summed E-state index contributed by atoms with van der Waals surface area (Å²) >= 11 is 0. The summed E-state index contributed by atoms with van der Waals surface area (Å²) in [6.07, 6.45) is 2.78. The average molecular weight is 288 g/mol. The molecular weight excluding hydrogens is 256 g/mol. The van der Waals surface area contributed by atoms with E-state index in [-0.39, 0.29) is 0 Å². The first-order valence-electron chi connectivity index (χ1n) is 8.57. The Bertz CT molecular complexity index is 421. The molecule has 1 aliphatic rings. The summed E-state index contributed by atoms with van der Waals surface area (Å²) in [6, 6.07) is 9.95. The highest BCUT2D eigenvalue weighted by Crippen LogP contribution is 2.29. The van der Waals surface area contributed by atoms with Gasteiger partial charge >= 0.3 is 0 Å². The topological polar surface area (TPSA) is 15.3 Å². The quantitative estimate of drug-likeness (QED) is 0.737. The van der Waals surface area contributed by atoms with Crippen LogP contribution in [0.15, 0.2) is 24.3 Å². The van der Waals surface area contributed by atoms with E-state index in [1.54, 1.807) is 0 Å². The number of hydrogen-bond acceptors (Lipinski definition) is 2. The van der Waals surface area contributed by atoms with E-state index in [1.807, 2.05) is 0 Å². The van der Waals surface area contributed by atoms with E-state index in [1.165, 1.54) is 30.5 Å². The molecule has 0 bridgehead atoms. The van der Waals surface area contributed by atoms with Crippen LogP contribution >= 0.6 is 0 Å². The summed E-state index contributed by atoms with van der Waals surface area (Å²) in [6.45, 7) is 13.6. The standard InChI is InChI=1S/C19H32N2/c1-15(2)11-20-12-17-6-5-7-18(10-17)14-21(13-16(3)4)19-8-9-19/h5-7,10,15-16,19-20H,8-9,11-14H2,1-4H3. The Kier molecular flexibility index (Phi) is 6.25. The second-order valence-electron chi connectivity index (χ2n) is 7.40. The van der Waals surface area contributed by atoms with E-state index in [0.717, 1.165) is 31.6 Å². The van der Waals surface area contributed by atoms with Crippen molar-refractivity contribution in [1.29, 1.82) is 0 Å². The minimum atomic E-state index is 0.713. The molecule has 1 fully saturated rings. The Balaban J connectivity index is 1.89. The molecule has 2 rings (SSSR count). The van der Waals surface area contributed by atoms with E-state index in [9.17, 15) is 0 Å². The van der Waals surface area contributed by atoms with Crippen molar-refractivity contribution in [2.24, 2.45) is 11.8 Å². The van der Waals surface area contributed by atoms with Crippen LogP contribution in [0.25, 0.3) is 0 Å². The summed E-state index contributed by atoms with van der Waals surface area (Å²) in [5, 5.41) is 3.54. The molecule has 21 heavy (non-hydrogen) atoms. The number of nitrogens with one attached hydrogen (secondary N) is 1. The Morgan fingerprint density at radius 3 is 2.43 bits per heavy atom. The molecule has 0 heterocycles. The third kappa shape index (κ3) is 6.19. The number of rotatable bonds is 9. The monoisotopic (exact) mass is 288 g/mol. The SMILES string of the molecule is CC(C)CNCc1cccc(CN(CC(C)C)C2CC2)c1. The summed E-state index contributed by atoms with van der Waals surface area (Å²) in [4.78, 5) is 2.67. The highest BCUT2D eigenvalue weighted by molar-refractivity contribution is 5.23. The van der Waals surface area contributed by atoms with Gasteiger partial charge in [0.25, 0.3) is 0 Å². The Labute approximate surface area is 130 Å². The van der Waals surface area contributed by atoms with Gasteiger partial charge in [0.15, 0.2) is 0 Å². The van der Waals surface area contributed by atoms with Gasteiger partial charge in [0.05, 0.1) is 0 Å². The fraction of sp³-hybridized carbons (Fsp3) is 0.684. The molecule has 0 amide bonds. The van der Waals surface area contributed by atoms with Crippen LogP contribution in [0.1, 0.15) is 51.7 Å². The summed E-state index contributed by atoms with van der Waals surface area (Å²) in [7, 11) is 0. The first-order chi connectivity index (χ1) is 10.0. The minimum Gasteiger partial charge on any atom is -0.312 e. The van der Waals surface area contributed by atoms with E-state index < -0.39 is 0 Å². The molecule has 1 saturated carbocycles. The van der Waals surface area contributed by atoms with Crippen LogP contribution in [0, 0.1) is 11.8 Å². The largest absolute Gasteiger partial charge is 0.312 e. The van der Waals surface area contributed by atoms with E-state index in [4.69, 9.17) is 0 Å². The zero-order valence-corrected chi connectivity index (χ0v) is 14.2. The third-order valence-corrected chi connectivity index (χ3v) is 3.92. The molecule has 0 atom stereocenters. The summed E-state index contributed by atoms with van der Waals surface area (Å²) < 4.78 is 0. The lowest BCUT2D eigenvalue weighted by molar-refractivity contribution is 0.226. The highest BCUT2D eigenvalue weighted by Gasteiger charge is 2.29. The van der Waals surface area contributed by atoms with Gasteiger partial charge in [0, 0.05) is 25.7 Å². The molecule has 1 aliphatic carbocycles. The van der Waals surface area contributed by atoms with Crippen LogP contribution in [0.5, 0.6) is 0 Å². The fourth-order valence-corrected chi connectivity index (χ4v) is 2.83. The van der Waals surface area contributed by atoms with Gasteiger partial charge in [-0.3, -0.25) is 4.90 Å². The molecule has 0 spiro atoms. The zero-order valence-electron chi connectivity index (χ0n) is 14.2. The van der Waals surface area contributed by atoms with Gasteiger partial charge in [-0.25, -0.2) is 0 Å². The van der Waals surface area contributed by atoms with Crippen molar-refractivity contribution in [3.05, 3.63) is 35.4 Å². The molecule has 1 N–H and O–H groups in total. The molecule has 2 heteroatoms. The van der Waals surface area contributed by atoms with Crippen LogP contribution in [0.3, 0.4) is 0 Å². The van der Waals surface area contributed by atoms with Gasteiger partial charge in [-0.05, 0) is 42.3 Å². The highest BCUT2D eigenvalue weighted by atomic mass is 15.2. The Hall–Kier alpha value is -0.860. The maximum absolute atomic E-state index is 3.54. The summed E-state index contributed by atoms with van der Waals surface area (Å²) in [5.41, 5.74) is 2.87. The van der Waals surface area contributed by atoms with Crippen LogP contribution in [-0.4, -0.2) is 24.0 Å². The second-order valence-corrected chi connectivity index (χ2v) is 7.40. The van der Waals surface area contributed by atoms with Gasteiger partial charge in [0.1, 0.15) is 0 Å². The molecule has 1 aromatic carbocycles. The smallest absolute Gasteiger partial charge is 0.0236 e. The fourth-order valence-electron chi connectivity index (χ4n) is 2.83. The maximum Gasteiger partial charge on any atom is 0.0236 e. The molecular formula is C19H32N2. The second kappa shape index (κ2) is 7.95.